The van der Waals surface area contributed by atoms with E-state index in [4.69, 9.17) is 0 Å². The quantitative estimate of drug-likeness (QED) is 0.359. The second-order valence-corrected chi connectivity index (χ2v) is 2.91. The van der Waals surface area contributed by atoms with Gasteiger partial charge in [0.1, 0.15) is 0 Å². The fraction of sp³-hybridized carbons (Fsp3) is 0.100. The molecule has 0 aromatic carbocycles. The van der Waals surface area contributed by atoms with Gasteiger partial charge in [-0.1, -0.05) is 19.6 Å². The third-order valence-corrected chi connectivity index (χ3v) is 1.62. The summed E-state index contributed by atoms with van der Waals surface area (Å²) in [4.78, 5) is 0. The third-order valence-electron chi connectivity index (χ3n) is 1.38. The van der Waals surface area contributed by atoms with Crippen molar-refractivity contribution in [1.29, 1.82) is 0 Å². The lowest BCUT2D eigenvalue weighted by molar-refractivity contribution is 1.39. The van der Waals surface area contributed by atoms with Crippen LogP contribution in [0.25, 0.3) is 0 Å². The number of rotatable bonds is 2. The van der Waals surface area contributed by atoms with Crippen LogP contribution in [0.15, 0.2) is 47.4 Å². The Labute approximate surface area is 72.7 Å². The first kappa shape index (κ1) is 8.10. The van der Waals surface area contributed by atoms with Crippen molar-refractivity contribution in [3.05, 3.63) is 52.7 Å². The van der Waals surface area contributed by atoms with E-state index in [9.17, 15) is 0 Å². The van der Waals surface area contributed by atoms with Gasteiger partial charge in [0.05, 0.1) is 0 Å². The fourth-order valence-corrected chi connectivity index (χ4v) is 0.857. The predicted octanol–water partition coefficient (Wildman–Crippen LogP) is 2.83. The molecule has 0 unspecified atom stereocenters. The molecule has 0 nitrogen and oxygen atoms in total. The molecule has 0 aromatic rings. The Morgan fingerprint density at radius 1 is 1.55 bits per heavy atom. The average molecular weight is 161 g/mol. The van der Waals surface area contributed by atoms with Gasteiger partial charge in [0.15, 0.2) is 0 Å². The zero-order chi connectivity index (χ0) is 8.27. The summed E-state index contributed by atoms with van der Waals surface area (Å²) in [6, 6.07) is 0. The summed E-state index contributed by atoms with van der Waals surface area (Å²) < 4.78 is 0. The molecule has 0 N–H and O–H groups in total. The molecule has 56 valence electrons. The van der Waals surface area contributed by atoms with E-state index in [2.05, 4.69) is 30.7 Å². The molecule has 1 aliphatic carbocycles. The molecule has 0 heterocycles. The Balaban J connectivity index is 3.07. The Morgan fingerprint density at radius 3 is 2.64 bits per heavy atom. The van der Waals surface area contributed by atoms with Crippen molar-refractivity contribution in [2.45, 2.75) is 6.92 Å². The van der Waals surface area contributed by atoms with Crippen LogP contribution < -0.4 is 0 Å². The zero-order valence-corrected chi connectivity index (χ0v) is 7.28. The molecular weight excluding hydrogens is 152 g/mol. The van der Waals surface area contributed by atoms with Crippen molar-refractivity contribution < 1.29 is 0 Å². The minimum absolute atomic E-state index is 0.955. The molecule has 0 bridgehead atoms. The Kier molecular flexibility index (Phi) is 2.51. The van der Waals surface area contributed by atoms with Crippen LogP contribution >= 0.6 is 12.6 Å². The normalized spacial score (nSPS) is 14.0. The summed E-state index contributed by atoms with van der Waals surface area (Å²) in [5.41, 5.74) is 7.88. The van der Waals surface area contributed by atoms with Gasteiger partial charge >= 0.3 is 0 Å². The number of hydrogen-bond acceptors (Lipinski definition) is 1. The van der Waals surface area contributed by atoms with Gasteiger partial charge in [-0.25, -0.2) is 18.4 Å². The van der Waals surface area contributed by atoms with Crippen molar-refractivity contribution in [2.24, 2.45) is 0 Å². The van der Waals surface area contributed by atoms with Crippen LogP contribution in [-0.2, 0) is 0 Å². The summed E-state index contributed by atoms with van der Waals surface area (Å²) in [6.07, 6.45) is 5.64. The molecule has 0 fully saturated rings. The van der Waals surface area contributed by atoms with Crippen LogP contribution in [0, 0.1) is 5.25 Å². The molecule has 0 radical (unpaired) electrons. The monoisotopic (exact) mass is 161 g/mol. The highest BCUT2D eigenvalue weighted by molar-refractivity contribution is 7.83. The third kappa shape index (κ3) is 1.96. The molecule has 0 aromatic heterocycles. The minimum atomic E-state index is 0.955. The van der Waals surface area contributed by atoms with E-state index in [1.54, 1.807) is 6.08 Å². The molecule has 1 aliphatic rings. The lowest BCUT2D eigenvalue weighted by Crippen LogP contribution is -1.84. The Morgan fingerprint density at radius 2 is 2.27 bits per heavy atom. The van der Waals surface area contributed by atoms with Crippen LogP contribution in [0.1, 0.15) is 6.92 Å². The molecule has 0 atom stereocenters. The van der Waals surface area contributed by atoms with Crippen molar-refractivity contribution in [3.63, 3.8) is 0 Å². The standard InChI is InChI=1S/C10H9S/c1-3-9-4-6-10(7-5-9)8(2)11/h3-4,6,11H,1H2,2H3/q-1. The second kappa shape index (κ2) is 3.41. The maximum Gasteiger partial charge on any atom is -0.00220 e. The summed E-state index contributed by atoms with van der Waals surface area (Å²) in [7, 11) is 0. The van der Waals surface area contributed by atoms with E-state index >= 15 is 0 Å². The lowest BCUT2D eigenvalue weighted by atomic mass is 10.1. The maximum absolute atomic E-state index is 4.19. The lowest BCUT2D eigenvalue weighted by Gasteiger charge is -2.13. The van der Waals surface area contributed by atoms with Crippen LogP contribution in [-0.4, -0.2) is 0 Å². The maximum atomic E-state index is 4.19. The van der Waals surface area contributed by atoms with E-state index in [0.29, 0.717) is 0 Å². The van der Waals surface area contributed by atoms with E-state index in [0.717, 1.165) is 16.4 Å². The van der Waals surface area contributed by atoms with Gasteiger partial charge in [0, 0.05) is 0 Å². The number of allylic oxidation sites excluding steroid dienone is 4. The van der Waals surface area contributed by atoms with Crippen molar-refractivity contribution >= 4 is 12.6 Å². The van der Waals surface area contributed by atoms with Gasteiger partial charge in [0.25, 0.3) is 0 Å². The van der Waals surface area contributed by atoms with Gasteiger partial charge in [-0.05, 0) is 5.57 Å². The molecule has 1 rings (SSSR count). The number of hydrogen-bond donors (Lipinski definition) is 1. The van der Waals surface area contributed by atoms with Crippen LogP contribution in [0.3, 0.4) is 0 Å². The summed E-state index contributed by atoms with van der Waals surface area (Å²) in [5.74, 6) is 0. The molecule has 0 saturated heterocycles. The van der Waals surface area contributed by atoms with Crippen molar-refractivity contribution in [3.8, 4) is 0 Å². The highest BCUT2D eigenvalue weighted by Crippen LogP contribution is 2.19. The molecule has 0 spiro atoms. The van der Waals surface area contributed by atoms with Gasteiger partial charge in [-0.2, -0.15) is 6.08 Å². The summed E-state index contributed by atoms with van der Waals surface area (Å²) >= 11 is 4.19. The van der Waals surface area contributed by atoms with Crippen LogP contribution in [0.4, 0.5) is 0 Å². The highest BCUT2D eigenvalue weighted by atomic mass is 32.1. The predicted molar refractivity (Wildman–Crippen MR) is 51.3 cm³/mol. The van der Waals surface area contributed by atoms with Crippen LogP contribution in [0.5, 0.6) is 0 Å². The fourth-order valence-electron chi connectivity index (χ4n) is 0.726. The average Bonchev–Trinajstić information content (AvgIpc) is 2.05. The van der Waals surface area contributed by atoms with Crippen LogP contribution in [0.2, 0.25) is 0 Å². The first-order chi connectivity index (χ1) is 5.24. The minimum Gasteiger partial charge on any atom is -0.227 e. The van der Waals surface area contributed by atoms with Gasteiger partial charge < -0.3 is 0 Å². The van der Waals surface area contributed by atoms with E-state index in [-0.39, 0.29) is 0 Å². The Bertz CT molecular complexity index is 293. The molecular formula is C10H9S-. The summed E-state index contributed by atoms with van der Waals surface area (Å²) in [5, 5.41) is 0.955. The first-order valence-corrected chi connectivity index (χ1v) is 3.78. The van der Waals surface area contributed by atoms with Gasteiger partial charge in [0.2, 0.25) is 0 Å². The molecule has 0 aliphatic heterocycles. The zero-order valence-electron chi connectivity index (χ0n) is 6.39. The summed E-state index contributed by atoms with van der Waals surface area (Å²) in [6.45, 7) is 5.56. The molecule has 11 heavy (non-hydrogen) atoms. The largest absolute Gasteiger partial charge is 0.227 e. The molecule has 0 saturated carbocycles. The van der Waals surface area contributed by atoms with E-state index in [1.165, 1.54) is 0 Å². The SMILES string of the molecule is C=CC1=C=C=C([C-](C)S)C=C1. The highest BCUT2D eigenvalue weighted by Gasteiger charge is 1.89. The topological polar surface area (TPSA) is 0 Å². The second-order valence-electron chi connectivity index (χ2n) is 2.24. The van der Waals surface area contributed by atoms with E-state index < -0.39 is 0 Å². The Hall–Kier alpha value is -1.000. The van der Waals surface area contributed by atoms with Crippen molar-refractivity contribution in [2.75, 3.05) is 0 Å². The molecule has 0 amide bonds. The van der Waals surface area contributed by atoms with Crippen molar-refractivity contribution in [1.82, 2.24) is 0 Å². The number of thiol groups is 1. The van der Waals surface area contributed by atoms with Gasteiger partial charge in [-0.15, -0.1) is 22.6 Å². The smallest absolute Gasteiger partial charge is 0.00220 e. The molecule has 1 heteroatoms. The first-order valence-electron chi connectivity index (χ1n) is 3.33. The van der Waals surface area contributed by atoms with E-state index in [1.807, 2.05) is 19.1 Å². The van der Waals surface area contributed by atoms with Gasteiger partial charge in [-0.3, -0.25) is 0 Å².